The number of nitrogen functional groups attached to an aromatic ring is 1. The van der Waals surface area contributed by atoms with E-state index < -0.39 is 0 Å². The molecule has 18 heavy (non-hydrogen) atoms. The lowest BCUT2D eigenvalue weighted by molar-refractivity contribution is 0.0992. The molecule has 1 aromatic heterocycles. The second kappa shape index (κ2) is 7.13. The van der Waals surface area contributed by atoms with Gasteiger partial charge in [-0.25, -0.2) is 9.97 Å². The van der Waals surface area contributed by atoms with Gasteiger partial charge in [0.2, 0.25) is 0 Å². The highest BCUT2D eigenvalue weighted by Crippen LogP contribution is 2.20. The van der Waals surface area contributed by atoms with Gasteiger partial charge in [0.05, 0.1) is 19.8 Å². The van der Waals surface area contributed by atoms with Crippen LogP contribution < -0.4 is 11.1 Å². The number of hydrogen-bond donors (Lipinski definition) is 3. The van der Waals surface area contributed by atoms with E-state index in [2.05, 4.69) is 15.3 Å². The van der Waals surface area contributed by atoms with Crippen LogP contribution in [-0.2, 0) is 4.74 Å². The van der Waals surface area contributed by atoms with E-state index in [0.29, 0.717) is 25.6 Å². The number of nitrogens with one attached hydrogen (secondary N) is 1. The summed E-state index contributed by atoms with van der Waals surface area (Å²) in [6.07, 6.45) is 0. The zero-order chi connectivity index (χ0) is 13.5. The molecular weight excluding hydrogens is 232 g/mol. The summed E-state index contributed by atoms with van der Waals surface area (Å²) in [5.74, 6) is 2.22. The number of hydrogen-bond acceptors (Lipinski definition) is 6. The summed E-state index contributed by atoms with van der Waals surface area (Å²) in [6.45, 7) is 7.46. The molecule has 0 saturated heterocycles. The number of nitrogens with two attached hydrogens (primary N) is 1. The number of ether oxygens (including phenoxy) is 1. The molecule has 1 aromatic rings. The van der Waals surface area contributed by atoms with Gasteiger partial charge in [-0.1, -0.05) is 13.8 Å². The van der Waals surface area contributed by atoms with Crippen molar-refractivity contribution in [3.63, 3.8) is 0 Å². The first-order valence-corrected chi connectivity index (χ1v) is 6.12. The van der Waals surface area contributed by atoms with Gasteiger partial charge in [0, 0.05) is 18.0 Å². The van der Waals surface area contributed by atoms with Crippen molar-refractivity contribution >= 4 is 11.6 Å². The molecule has 6 nitrogen and oxygen atoms in total. The Morgan fingerprint density at radius 2 is 2.06 bits per heavy atom. The summed E-state index contributed by atoms with van der Waals surface area (Å²) in [7, 11) is 0. The lowest BCUT2D eigenvalue weighted by Gasteiger charge is -2.13. The smallest absolute Gasteiger partial charge is 0.135 e. The highest BCUT2D eigenvalue weighted by Gasteiger charge is 2.10. The SMILES string of the molecule is Cc1c(N)nc(C(C)C)nc1NCCOCCO. The van der Waals surface area contributed by atoms with Gasteiger partial charge < -0.3 is 20.9 Å². The van der Waals surface area contributed by atoms with Crippen LogP contribution in [0.1, 0.15) is 31.2 Å². The van der Waals surface area contributed by atoms with Crippen LogP contribution in [0.3, 0.4) is 0 Å². The number of aliphatic hydroxyl groups is 1. The Hall–Kier alpha value is -1.40. The van der Waals surface area contributed by atoms with Crippen LogP contribution in [0.25, 0.3) is 0 Å². The lowest BCUT2D eigenvalue weighted by Crippen LogP contribution is -2.15. The zero-order valence-electron chi connectivity index (χ0n) is 11.2. The number of aliphatic hydroxyl groups excluding tert-OH is 1. The molecule has 1 rings (SSSR count). The van der Waals surface area contributed by atoms with E-state index in [-0.39, 0.29) is 12.5 Å². The Morgan fingerprint density at radius 3 is 2.67 bits per heavy atom. The summed E-state index contributed by atoms with van der Waals surface area (Å²) < 4.78 is 5.17. The molecule has 0 aliphatic rings. The summed E-state index contributed by atoms with van der Waals surface area (Å²) in [5, 5.41) is 11.7. The first-order chi connectivity index (χ1) is 8.56. The molecule has 0 aliphatic carbocycles. The first-order valence-electron chi connectivity index (χ1n) is 6.12. The average Bonchev–Trinajstić information content (AvgIpc) is 2.33. The largest absolute Gasteiger partial charge is 0.394 e. The first kappa shape index (κ1) is 14.7. The molecular formula is C12H22N4O2. The van der Waals surface area contributed by atoms with E-state index >= 15 is 0 Å². The van der Waals surface area contributed by atoms with Gasteiger partial charge in [0.25, 0.3) is 0 Å². The molecule has 0 spiro atoms. The Balaban J connectivity index is 2.63. The maximum absolute atomic E-state index is 8.58. The molecule has 0 amide bonds. The maximum Gasteiger partial charge on any atom is 0.135 e. The molecule has 6 heteroatoms. The van der Waals surface area contributed by atoms with Gasteiger partial charge in [-0.3, -0.25) is 0 Å². The van der Waals surface area contributed by atoms with Crippen molar-refractivity contribution in [3.8, 4) is 0 Å². The summed E-state index contributed by atoms with van der Waals surface area (Å²) in [6, 6.07) is 0. The second-order valence-electron chi connectivity index (χ2n) is 4.36. The Labute approximate surface area is 108 Å². The van der Waals surface area contributed by atoms with Crippen molar-refractivity contribution in [2.45, 2.75) is 26.7 Å². The summed E-state index contributed by atoms with van der Waals surface area (Å²) in [4.78, 5) is 8.70. The van der Waals surface area contributed by atoms with Crippen molar-refractivity contribution in [3.05, 3.63) is 11.4 Å². The van der Waals surface area contributed by atoms with Gasteiger partial charge in [0.1, 0.15) is 17.5 Å². The van der Waals surface area contributed by atoms with E-state index in [1.807, 2.05) is 20.8 Å². The van der Waals surface area contributed by atoms with Crippen molar-refractivity contribution in [1.82, 2.24) is 9.97 Å². The third-order valence-electron chi connectivity index (χ3n) is 2.49. The molecule has 0 atom stereocenters. The lowest BCUT2D eigenvalue weighted by atomic mass is 10.2. The minimum Gasteiger partial charge on any atom is -0.394 e. The molecule has 4 N–H and O–H groups in total. The minimum absolute atomic E-state index is 0.0387. The monoisotopic (exact) mass is 254 g/mol. The molecule has 102 valence electrons. The predicted octanol–water partition coefficient (Wildman–Crippen LogP) is 0.911. The Morgan fingerprint density at radius 1 is 1.33 bits per heavy atom. The van der Waals surface area contributed by atoms with Gasteiger partial charge in [-0.05, 0) is 6.92 Å². The molecule has 0 aliphatic heterocycles. The molecule has 0 unspecified atom stereocenters. The van der Waals surface area contributed by atoms with Crippen LogP contribution in [0.5, 0.6) is 0 Å². The normalized spacial score (nSPS) is 10.9. The number of aromatic nitrogens is 2. The van der Waals surface area contributed by atoms with E-state index in [0.717, 1.165) is 17.2 Å². The van der Waals surface area contributed by atoms with Crippen molar-refractivity contribution in [2.75, 3.05) is 37.4 Å². The molecule has 0 fully saturated rings. The van der Waals surface area contributed by atoms with E-state index in [9.17, 15) is 0 Å². The van der Waals surface area contributed by atoms with Crippen molar-refractivity contribution < 1.29 is 9.84 Å². The predicted molar refractivity (Wildman–Crippen MR) is 71.7 cm³/mol. The highest BCUT2D eigenvalue weighted by molar-refractivity contribution is 5.54. The number of nitrogens with zero attached hydrogens (tertiary/aromatic N) is 2. The van der Waals surface area contributed by atoms with Crippen LogP contribution in [0.2, 0.25) is 0 Å². The van der Waals surface area contributed by atoms with Crippen molar-refractivity contribution in [2.24, 2.45) is 0 Å². The molecule has 0 radical (unpaired) electrons. The number of anilines is 2. The van der Waals surface area contributed by atoms with Crippen LogP contribution in [-0.4, -0.2) is 41.4 Å². The third kappa shape index (κ3) is 4.12. The molecule has 0 saturated carbocycles. The standard InChI is InChI=1S/C12H22N4O2/c1-8(2)11-15-10(13)9(3)12(16-11)14-4-6-18-7-5-17/h8,17H,4-7H2,1-3H3,(H3,13,14,15,16). The molecule has 1 heterocycles. The minimum atomic E-state index is 0.0387. The van der Waals surface area contributed by atoms with Gasteiger partial charge in [-0.2, -0.15) is 0 Å². The van der Waals surface area contributed by atoms with Crippen molar-refractivity contribution in [1.29, 1.82) is 0 Å². The Kier molecular flexibility index (Phi) is 5.80. The average molecular weight is 254 g/mol. The van der Waals surface area contributed by atoms with Crippen LogP contribution in [0, 0.1) is 6.92 Å². The quantitative estimate of drug-likeness (QED) is 0.626. The van der Waals surface area contributed by atoms with Crippen LogP contribution in [0.4, 0.5) is 11.6 Å². The summed E-state index contributed by atoms with van der Waals surface area (Å²) in [5.41, 5.74) is 6.70. The maximum atomic E-state index is 8.58. The fourth-order valence-corrected chi connectivity index (χ4v) is 1.39. The topological polar surface area (TPSA) is 93.3 Å². The molecule has 0 bridgehead atoms. The van der Waals surface area contributed by atoms with E-state index in [1.165, 1.54) is 0 Å². The van der Waals surface area contributed by atoms with E-state index in [1.54, 1.807) is 0 Å². The third-order valence-corrected chi connectivity index (χ3v) is 2.49. The van der Waals surface area contributed by atoms with Crippen LogP contribution in [0.15, 0.2) is 0 Å². The fourth-order valence-electron chi connectivity index (χ4n) is 1.39. The summed E-state index contributed by atoms with van der Waals surface area (Å²) >= 11 is 0. The second-order valence-corrected chi connectivity index (χ2v) is 4.36. The zero-order valence-corrected chi connectivity index (χ0v) is 11.2. The molecule has 0 aromatic carbocycles. The van der Waals surface area contributed by atoms with Gasteiger partial charge in [-0.15, -0.1) is 0 Å². The fraction of sp³-hybridized carbons (Fsp3) is 0.667. The van der Waals surface area contributed by atoms with E-state index in [4.69, 9.17) is 15.6 Å². The van der Waals surface area contributed by atoms with Gasteiger partial charge >= 0.3 is 0 Å². The van der Waals surface area contributed by atoms with Gasteiger partial charge in [0.15, 0.2) is 0 Å². The Bertz CT molecular complexity index is 383. The number of rotatable bonds is 7. The van der Waals surface area contributed by atoms with Crippen LogP contribution >= 0.6 is 0 Å². The highest BCUT2D eigenvalue weighted by atomic mass is 16.5.